The first kappa shape index (κ1) is 12.0. The average molecular weight is 308 g/mol. The summed E-state index contributed by atoms with van der Waals surface area (Å²) in [5.74, 6) is 1.10. The minimum atomic E-state index is -1.06. The molecule has 0 spiro atoms. The summed E-state index contributed by atoms with van der Waals surface area (Å²) >= 11 is 4.80. The number of hydrogen-bond donors (Lipinski definition) is 0. The predicted octanol–water partition coefficient (Wildman–Crippen LogP) is 3.06. The number of halogens is 2. The van der Waals surface area contributed by atoms with Gasteiger partial charge in [-0.05, 0) is 29.1 Å². The Labute approximate surface area is 106 Å². The maximum atomic E-state index is 13.1. The standard InChI is InChI=1S/C10H11BrFNO2S/c1-5(12)7-4-14-9-6(15-7)3-8(16-2)13-10(9)11/h3,5,7H,4H2,1-2H3. The van der Waals surface area contributed by atoms with Crippen molar-refractivity contribution in [3.63, 3.8) is 0 Å². The van der Waals surface area contributed by atoms with E-state index in [1.165, 1.54) is 18.7 Å². The van der Waals surface area contributed by atoms with Crippen LogP contribution in [0.1, 0.15) is 6.92 Å². The van der Waals surface area contributed by atoms with Gasteiger partial charge >= 0.3 is 0 Å². The van der Waals surface area contributed by atoms with E-state index in [-0.39, 0.29) is 6.61 Å². The quantitative estimate of drug-likeness (QED) is 0.621. The van der Waals surface area contributed by atoms with Gasteiger partial charge in [0, 0.05) is 6.07 Å². The van der Waals surface area contributed by atoms with Crippen LogP contribution in [0.3, 0.4) is 0 Å². The van der Waals surface area contributed by atoms with Crippen molar-refractivity contribution in [2.24, 2.45) is 0 Å². The molecule has 6 heteroatoms. The molecule has 16 heavy (non-hydrogen) atoms. The Balaban J connectivity index is 2.33. The van der Waals surface area contributed by atoms with E-state index >= 15 is 0 Å². The van der Waals surface area contributed by atoms with Crippen LogP contribution in [0.4, 0.5) is 4.39 Å². The van der Waals surface area contributed by atoms with E-state index in [0.29, 0.717) is 16.1 Å². The van der Waals surface area contributed by atoms with Crippen LogP contribution in [0.25, 0.3) is 0 Å². The van der Waals surface area contributed by atoms with Gasteiger partial charge in [-0.25, -0.2) is 9.37 Å². The van der Waals surface area contributed by atoms with Crippen molar-refractivity contribution >= 4 is 27.7 Å². The van der Waals surface area contributed by atoms with Crippen molar-refractivity contribution in [2.75, 3.05) is 12.9 Å². The highest BCUT2D eigenvalue weighted by molar-refractivity contribution is 9.10. The maximum Gasteiger partial charge on any atom is 0.194 e. The Kier molecular flexibility index (Phi) is 3.59. The fourth-order valence-corrected chi connectivity index (χ4v) is 2.40. The van der Waals surface area contributed by atoms with Gasteiger partial charge in [0.2, 0.25) is 0 Å². The number of pyridine rings is 1. The Bertz CT molecular complexity index is 403. The van der Waals surface area contributed by atoms with Crippen LogP contribution in [0.15, 0.2) is 15.7 Å². The largest absolute Gasteiger partial charge is 0.483 e. The second-order valence-electron chi connectivity index (χ2n) is 3.43. The molecule has 3 nitrogen and oxygen atoms in total. The molecule has 1 aromatic rings. The second kappa shape index (κ2) is 4.79. The van der Waals surface area contributed by atoms with Gasteiger partial charge in [-0.1, -0.05) is 0 Å². The molecule has 1 aromatic heterocycles. The Morgan fingerprint density at radius 1 is 1.69 bits per heavy atom. The number of alkyl halides is 1. The summed E-state index contributed by atoms with van der Waals surface area (Å²) in [5, 5.41) is 0.807. The number of hydrogen-bond acceptors (Lipinski definition) is 4. The molecule has 2 rings (SSSR count). The smallest absolute Gasteiger partial charge is 0.194 e. The first-order valence-corrected chi connectivity index (χ1v) is 6.81. The van der Waals surface area contributed by atoms with E-state index in [1.807, 2.05) is 6.26 Å². The molecule has 1 aliphatic heterocycles. The van der Waals surface area contributed by atoms with Crippen LogP contribution in [0.5, 0.6) is 11.5 Å². The minimum Gasteiger partial charge on any atom is -0.483 e. The van der Waals surface area contributed by atoms with Crippen molar-refractivity contribution in [3.8, 4) is 11.5 Å². The predicted molar refractivity (Wildman–Crippen MR) is 64.2 cm³/mol. The molecular weight excluding hydrogens is 297 g/mol. The summed E-state index contributed by atoms with van der Waals surface area (Å²) in [4.78, 5) is 4.26. The van der Waals surface area contributed by atoms with Gasteiger partial charge in [-0.15, -0.1) is 11.8 Å². The summed E-state index contributed by atoms with van der Waals surface area (Å²) in [6.07, 6.45) is 0.314. The molecule has 0 radical (unpaired) electrons. The van der Waals surface area contributed by atoms with Crippen LogP contribution in [0.2, 0.25) is 0 Å². The Morgan fingerprint density at radius 2 is 2.44 bits per heavy atom. The summed E-state index contributed by atoms with van der Waals surface area (Å²) in [7, 11) is 0. The maximum absolute atomic E-state index is 13.1. The fourth-order valence-electron chi connectivity index (χ4n) is 1.37. The van der Waals surface area contributed by atoms with Gasteiger partial charge in [0.05, 0.1) is 0 Å². The number of fused-ring (bicyclic) bond motifs is 1. The summed E-state index contributed by atoms with van der Waals surface area (Å²) < 4.78 is 24.7. The molecule has 0 saturated carbocycles. The van der Waals surface area contributed by atoms with Crippen molar-refractivity contribution < 1.29 is 13.9 Å². The third-order valence-electron chi connectivity index (χ3n) is 2.27. The van der Waals surface area contributed by atoms with E-state index < -0.39 is 12.3 Å². The van der Waals surface area contributed by atoms with Crippen LogP contribution in [-0.4, -0.2) is 30.1 Å². The number of aromatic nitrogens is 1. The summed E-state index contributed by atoms with van der Waals surface area (Å²) in [6, 6.07) is 1.76. The van der Waals surface area contributed by atoms with E-state index in [1.54, 1.807) is 6.07 Å². The normalized spacial score (nSPS) is 20.6. The lowest BCUT2D eigenvalue weighted by molar-refractivity contribution is 0.0361. The van der Waals surface area contributed by atoms with Gasteiger partial charge in [0.1, 0.15) is 17.8 Å². The third-order valence-corrected chi connectivity index (χ3v) is 3.43. The van der Waals surface area contributed by atoms with E-state index in [4.69, 9.17) is 9.47 Å². The molecular formula is C10H11BrFNO2S. The third kappa shape index (κ3) is 2.27. The molecule has 0 amide bonds. The molecule has 0 fully saturated rings. The molecule has 0 aliphatic carbocycles. The monoisotopic (exact) mass is 307 g/mol. The Hall–Kier alpha value is -0.490. The topological polar surface area (TPSA) is 31.4 Å². The van der Waals surface area contributed by atoms with E-state index in [2.05, 4.69) is 20.9 Å². The first-order chi connectivity index (χ1) is 7.61. The van der Waals surface area contributed by atoms with Crippen LogP contribution >= 0.6 is 27.7 Å². The van der Waals surface area contributed by atoms with Crippen molar-refractivity contribution in [2.45, 2.75) is 24.2 Å². The van der Waals surface area contributed by atoms with Crippen LogP contribution in [-0.2, 0) is 0 Å². The van der Waals surface area contributed by atoms with E-state index in [9.17, 15) is 4.39 Å². The molecule has 0 saturated heterocycles. The highest BCUT2D eigenvalue weighted by Gasteiger charge is 2.28. The molecule has 2 atom stereocenters. The lowest BCUT2D eigenvalue weighted by atomic mass is 10.2. The zero-order chi connectivity index (χ0) is 11.7. The number of nitrogens with zero attached hydrogens (tertiary/aromatic N) is 1. The first-order valence-electron chi connectivity index (χ1n) is 4.80. The highest BCUT2D eigenvalue weighted by atomic mass is 79.9. The van der Waals surface area contributed by atoms with Crippen molar-refractivity contribution in [3.05, 3.63) is 10.7 Å². The molecule has 2 unspecified atom stereocenters. The van der Waals surface area contributed by atoms with Crippen LogP contribution < -0.4 is 9.47 Å². The molecule has 0 aromatic carbocycles. The molecule has 0 bridgehead atoms. The lowest BCUT2D eigenvalue weighted by Gasteiger charge is -2.27. The van der Waals surface area contributed by atoms with Gasteiger partial charge in [0.25, 0.3) is 0 Å². The van der Waals surface area contributed by atoms with Gasteiger partial charge in [-0.3, -0.25) is 0 Å². The summed E-state index contributed by atoms with van der Waals surface area (Å²) in [5.41, 5.74) is 0. The number of ether oxygens (including phenoxy) is 2. The zero-order valence-corrected chi connectivity index (χ0v) is 11.3. The van der Waals surface area contributed by atoms with Crippen molar-refractivity contribution in [1.29, 1.82) is 0 Å². The molecule has 0 N–H and O–H groups in total. The van der Waals surface area contributed by atoms with Gasteiger partial charge in [0.15, 0.2) is 22.2 Å². The molecule has 88 valence electrons. The average Bonchev–Trinajstić information content (AvgIpc) is 2.28. The minimum absolute atomic E-state index is 0.212. The van der Waals surface area contributed by atoms with Crippen LogP contribution in [0, 0.1) is 0 Å². The van der Waals surface area contributed by atoms with E-state index in [0.717, 1.165) is 5.03 Å². The lowest BCUT2D eigenvalue weighted by Crippen LogP contribution is -2.36. The van der Waals surface area contributed by atoms with Gasteiger partial charge < -0.3 is 9.47 Å². The van der Waals surface area contributed by atoms with Gasteiger partial charge in [-0.2, -0.15) is 0 Å². The summed E-state index contributed by atoms with van der Waals surface area (Å²) in [6.45, 7) is 1.67. The molecule has 2 heterocycles. The number of thioether (sulfide) groups is 1. The number of rotatable bonds is 2. The Morgan fingerprint density at radius 3 is 3.06 bits per heavy atom. The highest BCUT2D eigenvalue weighted by Crippen LogP contribution is 2.40. The van der Waals surface area contributed by atoms with Crippen molar-refractivity contribution in [1.82, 2.24) is 4.98 Å². The fraction of sp³-hybridized carbons (Fsp3) is 0.500. The molecule has 1 aliphatic rings. The SMILES string of the molecule is CSc1cc2c(c(Br)n1)OCC(C(C)F)O2. The zero-order valence-electron chi connectivity index (χ0n) is 8.87. The second-order valence-corrected chi connectivity index (χ2v) is 5.01.